The van der Waals surface area contributed by atoms with Crippen molar-refractivity contribution in [3.8, 4) is 22.5 Å². The number of esters is 1. The Morgan fingerprint density at radius 3 is 1.90 bits per heavy atom. The Labute approximate surface area is 296 Å². The molecular weight excluding hydrogens is 604 g/mol. The van der Waals surface area contributed by atoms with Gasteiger partial charge in [-0.15, -0.1) is 0 Å². The van der Waals surface area contributed by atoms with Gasteiger partial charge in [-0.1, -0.05) is 109 Å². The van der Waals surface area contributed by atoms with E-state index in [1.54, 1.807) is 0 Å². The van der Waals surface area contributed by atoms with Gasteiger partial charge in [0.25, 0.3) is 0 Å². The third-order valence-corrected chi connectivity index (χ3v) is 10.1. The average Bonchev–Trinajstić information content (AvgIpc) is 3.13. The van der Waals surface area contributed by atoms with Gasteiger partial charge in [0.05, 0.1) is 18.2 Å². The van der Waals surface area contributed by atoms with Crippen molar-refractivity contribution in [2.24, 2.45) is 0 Å². The van der Waals surface area contributed by atoms with E-state index in [0.29, 0.717) is 12.2 Å². The number of nitrogens with zero attached hydrogens (tertiary/aromatic N) is 2. The van der Waals surface area contributed by atoms with Crippen LogP contribution in [0.15, 0.2) is 65.1 Å². The number of anilines is 1. The molecule has 1 aliphatic heterocycles. The topological polar surface area (TPSA) is 45.7 Å². The fraction of sp³-hybridized carbons (Fsp3) is 0.545. The van der Waals surface area contributed by atoms with Gasteiger partial charge in [-0.2, -0.15) is 0 Å². The molecule has 5 nitrogen and oxygen atoms in total. The summed E-state index contributed by atoms with van der Waals surface area (Å²) in [5.41, 5.74) is 5.43. The van der Waals surface area contributed by atoms with Crippen LogP contribution in [-0.4, -0.2) is 38.8 Å². The standard InChI is InChI=1S/C44H63N2O3/c1-6-11-12-13-14-15-16-17-18-19-20-21-22-25-32-48-44(47)38-27-24-23-26-37(38)43-39-30-28-35(45(7-2)8-3)33-41(39)49-42-34-36(29-31-40(42)43)46(9-4)10-5/h23-24,26-31,33-34H,6-22,25,32H2,1-5H3/q+1. The molecule has 0 saturated carbocycles. The predicted octanol–water partition coefficient (Wildman–Crippen LogP) is 11.5. The van der Waals surface area contributed by atoms with Crippen LogP contribution in [0.25, 0.3) is 33.4 Å². The van der Waals surface area contributed by atoms with Crippen molar-refractivity contribution in [1.29, 1.82) is 0 Å². The Bertz CT molecular complexity index is 1610. The van der Waals surface area contributed by atoms with Crippen LogP contribution in [0.4, 0.5) is 5.69 Å². The second-order valence-corrected chi connectivity index (χ2v) is 13.5. The van der Waals surface area contributed by atoms with E-state index in [-0.39, 0.29) is 5.97 Å². The van der Waals surface area contributed by atoms with Crippen LogP contribution >= 0.6 is 0 Å². The number of carbonyl (C=O) groups is 1. The van der Waals surface area contributed by atoms with Crippen LogP contribution in [0.3, 0.4) is 0 Å². The van der Waals surface area contributed by atoms with E-state index in [2.05, 4.69) is 80.5 Å². The van der Waals surface area contributed by atoms with E-state index in [1.807, 2.05) is 24.3 Å². The molecule has 2 aromatic rings. The number of hydrogen-bond acceptors (Lipinski definition) is 4. The smallest absolute Gasteiger partial charge is 0.338 e. The number of benzene rings is 3. The van der Waals surface area contributed by atoms with Crippen LogP contribution in [0.5, 0.6) is 0 Å². The number of carbonyl (C=O) groups excluding carboxylic acids is 1. The van der Waals surface area contributed by atoms with Gasteiger partial charge in [-0.05, 0) is 63.9 Å². The quantitative estimate of drug-likeness (QED) is 0.0362. The lowest BCUT2D eigenvalue weighted by molar-refractivity contribution is 0.0498. The van der Waals surface area contributed by atoms with E-state index >= 15 is 0 Å². The number of hydrogen-bond donors (Lipinski definition) is 0. The molecule has 266 valence electrons. The lowest BCUT2D eigenvalue weighted by Crippen LogP contribution is -2.29. The normalized spacial score (nSPS) is 11.4. The summed E-state index contributed by atoms with van der Waals surface area (Å²) in [6, 6.07) is 20.8. The molecule has 2 aliphatic rings. The number of fused-ring (bicyclic) bond motifs is 2. The minimum atomic E-state index is -0.257. The third-order valence-electron chi connectivity index (χ3n) is 10.1. The van der Waals surface area contributed by atoms with E-state index in [4.69, 9.17) is 9.15 Å². The summed E-state index contributed by atoms with van der Waals surface area (Å²) in [5.74, 6) is 0.557. The second kappa shape index (κ2) is 20.8. The Hall–Kier alpha value is -3.60. The molecule has 5 heteroatoms. The molecular formula is C44H63N2O3+. The maximum atomic E-state index is 13.6. The lowest BCUT2D eigenvalue weighted by atomic mass is 9.90. The molecule has 0 unspecified atom stereocenters. The van der Waals surface area contributed by atoms with Gasteiger partial charge >= 0.3 is 5.97 Å². The van der Waals surface area contributed by atoms with Gasteiger partial charge in [-0.3, -0.25) is 0 Å². The molecule has 1 aliphatic carbocycles. The van der Waals surface area contributed by atoms with E-state index in [0.717, 1.165) is 83.5 Å². The Kier molecular flexibility index (Phi) is 16.2. The molecule has 0 N–H and O–H groups in total. The molecule has 0 aromatic heterocycles. The zero-order chi connectivity index (χ0) is 34.8. The minimum absolute atomic E-state index is 0.257. The summed E-state index contributed by atoms with van der Waals surface area (Å²) >= 11 is 0. The predicted molar refractivity (Wildman–Crippen MR) is 209 cm³/mol. The van der Waals surface area contributed by atoms with Crippen LogP contribution in [0.2, 0.25) is 0 Å². The van der Waals surface area contributed by atoms with Gasteiger partial charge < -0.3 is 14.1 Å². The Balaban J connectivity index is 1.45. The average molecular weight is 668 g/mol. The molecule has 49 heavy (non-hydrogen) atoms. The molecule has 0 spiro atoms. The summed E-state index contributed by atoms with van der Waals surface area (Å²) in [6.45, 7) is 15.1. The van der Waals surface area contributed by atoms with Crippen molar-refractivity contribution in [1.82, 2.24) is 4.58 Å². The highest BCUT2D eigenvalue weighted by atomic mass is 16.5. The first kappa shape index (κ1) is 38.2. The number of ether oxygens (including phenoxy) is 1. The molecule has 2 aromatic carbocycles. The van der Waals surface area contributed by atoms with Crippen LogP contribution in [0.1, 0.15) is 135 Å². The zero-order valence-corrected chi connectivity index (χ0v) is 31.3. The second-order valence-electron chi connectivity index (χ2n) is 13.5. The summed E-state index contributed by atoms with van der Waals surface area (Å²) in [4.78, 5) is 16.0. The minimum Gasteiger partial charge on any atom is -0.462 e. The van der Waals surface area contributed by atoms with Crippen molar-refractivity contribution in [2.75, 3.05) is 37.7 Å². The fourth-order valence-electron chi connectivity index (χ4n) is 7.15. The largest absolute Gasteiger partial charge is 0.462 e. The summed E-state index contributed by atoms with van der Waals surface area (Å²) in [7, 11) is 0. The highest BCUT2D eigenvalue weighted by Gasteiger charge is 2.23. The van der Waals surface area contributed by atoms with Crippen molar-refractivity contribution in [2.45, 2.75) is 125 Å². The maximum absolute atomic E-state index is 13.6. The molecule has 0 bridgehead atoms. The van der Waals surface area contributed by atoms with Gasteiger partial charge in [-0.25, -0.2) is 9.37 Å². The van der Waals surface area contributed by atoms with Gasteiger partial charge in [0.15, 0.2) is 0 Å². The highest BCUT2D eigenvalue weighted by molar-refractivity contribution is 6.08. The Morgan fingerprint density at radius 1 is 0.673 bits per heavy atom. The van der Waals surface area contributed by atoms with Crippen molar-refractivity contribution in [3.05, 3.63) is 71.6 Å². The van der Waals surface area contributed by atoms with Crippen LogP contribution in [-0.2, 0) is 4.74 Å². The zero-order valence-electron chi connectivity index (χ0n) is 31.3. The van der Waals surface area contributed by atoms with Crippen molar-refractivity contribution in [3.63, 3.8) is 0 Å². The monoisotopic (exact) mass is 667 g/mol. The van der Waals surface area contributed by atoms with Crippen molar-refractivity contribution < 1.29 is 13.9 Å². The molecule has 1 heterocycles. The summed E-state index contributed by atoms with van der Waals surface area (Å²) < 4.78 is 14.9. The van der Waals surface area contributed by atoms with E-state index in [1.165, 1.54) is 77.0 Å². The van der Waals surface area contributed by atoms with Crippen LogP contribution < -0.4 is 14.8 Å². The molecule has 0 fully saturated rings. The molecule has 0 saturated heterocycles. The summed E-state index contributed by atoms with van der Waals surface area (Å²) in [6.07, 6.45) is 18.3. The molecule has 0 radical (unpaired) electrons. The fourth-order valence-corrected chi connectivity index (χ4v) is 7.15. The molecule has 0 amide bonds. The van der Waals surface area contributed by atoms with Gasteiger partial charge in [0, 0.05) is 47.4 Å². The lowest BCUT2D eigenvalue weighted by Gasteiger charge is -2.22. The molecule has 0 atom stereocenters. The van der Waals surface area contributed by atoms with Gasteiger partial charge in [0.2, 0.25) is 5.36 Å². The van der Waals surface area contributed by atoms with E-state index in [9.17, 15) is 4.79 Å². The third kappa shape index (κ3) is 10.7. The number of rotatable bonds is 22. The van der Waals surface area contributed by atoms with Crippen LogP contribution in [0, 0.1) is 0 Å². The SMILES string of the molecule is CCCCCCCCCCCCCCCCOC(=O)c1ccccc1-c1c2ccc(=[N+](CC)CC)cc-2oc2cc(N(CC)CC)ccc12. The summed E-state index contributed by atoms with van der Waals surface area (Å²) in [5, 5.41) is 2.12. The molecule has 4 rings (SSSR count). The maximum Gasteiger partial charge on any atom is 0.338 e. The van der Waals surface area contributed by atoms with Gasteiger partial charge in [0.1, 0.15) is 24.4 Å². The first-order valence-electron chi connectivity index (χ1n) is 19.7. The van der Waals surface area contributed by atoms with Crippen molar-refractivity contribution >= 4 is 22.6 Å². The first-order chi connectivity index (χ1) is 24.1. The number of unbranched alkanes of at least 4 members (excludes halogenated alkanes) is 13. The van der Waals surface area contributed by atoms with E-state index < -0.39 is 0 Å². The highest BCUT2D eigenvalue weighted by Crippen LogP contribution is 2.42. The Morgan fingerprint density at radius 2 is 1.29 bits per heavy atom. The first-order valence-corrected chi connectivity index (χ1v) is 19.7.